The van der Waals surface area contributed by atoms with Crippen LogP contribution in [-0.4, -0.2) is 25.7 Å². The van der Waals surface area contributed by atoms with E-state index in [1.54, 1.807) is 19.9 Å². The van der Waals surface area contributed by atoms with Crippen LogP contribution in [0, 0.1) is 19.7 Å². The van der Waals surface area contributed by atoms with Crippen LogP contribution >= 0.6 is 11.6 Å². The molecule has 8 nitrogen and oxygen atoms in total. The minimum absolute atomic E-state index is 0.0259. The van der Waals surface area contributed by atoms with Crippen molar-refractivity contribution < 1.29 is 22.1 Å². The van der Waals surface area contributed by atoms with Crippen molar-refractivity contribution in [3.63, 3.8) is 0 Å². The van der Waals surface area contributed by atoms with Crippen molar-refractivity contribution in [1.29, 1.82) is 0 Å². The highest BCUT2D eigenvalue weighted by Crippen LogP contribution is 2.36. The number of nitrogens with one attached hydrogen (secondary N) is 2. The average Bonchev–Trinajstić information content (AvgIpc) is 3.14. The summed E-state index contributed by atoms with van der Waals surface area (Å²) in [5, 5.41) is 3.92. The number of aromatic amines is 1. The summed E-state index contributed by atoms with van der Waals surface area (Å²) in [5.41, 5.74) is 1.78. The Labute approximate surface area is 183 Å². The van der Waals surface area contributed by atoms with E-state index < -0.39 is 33.6 Å². The van der Waals surface area contributed by atoms with Gasteiger partial charge in [0.05, 0.1) is 13.2 Å². The third kappa shape index (κ3) is 4.65. The number of hydrogen-bond acceptors (Lipinski definition) is 6. The summed E-state index contributed by atoms with van der Waals surface area (Å²) in [4.78, 5) is 13.7. The van der Waals surface area contributed by atoms with Crippen molar-refractivity contribution in [2.45, 2.75) is 37.6 Å². The molecule has 0 spiro atoms. The molecule has 0 saturated heterocycles. The lowest BCUT2D eigenvalue weighted by atomic mass is 9.88. The first-order valence-corrected chi connectivity index (χ1v) is 11.1. The monoisotopic (exact) mass is 469 g/mol. The second-order valence-corrected chi connectivity index (χ2v) is 9.18. The molecule has 0 aliphatic rings. The largest absolute Gasteiger partial charge is 0.495 e. The molecule has 0 fully saturated rings. The summed E-state index contributed by atoms with van der Waals surface area (Å²) in [6.07, 6.45) is 0. The molecule has 0 amide bonds. The molecule has 0 bridgehead atoms. The quantitative estimate of drug-likeness (QED) is 0.546. The van der Waals surface area contributed by atoms with Crippen LogP contribution in [0.3, 0.4) is 0 Å². The van der Waals surface area contributed by atoms with Gasteiger partial charge in [0, 0.05) is 17.0 Å². The topological polar surface area (TPSA) is 114 Å². The van der Waals surface area contributed by atoms with E-state index in [-0.39, 0.29) is 16.5 Å². The van der Waals surface area contributed by atoms with Gasteiger partial charge in [-0.15, -0.1) is 0 Å². The average molecular weight is 470 g/mol. The van der Waals surface area contributed by atoms with Crippen LogP contribution in [0.4, 0.5) is 4.39 Å². The van der Waals surface area contributed by atoms with E-state index in [0.29, 0.717) is 16.1 Å². The van der Waals surface area contributed by atoms with E-state index in [9.17, 15) is 17.6 Å². The van der Waals surface area contributed by atoms with Gasteiger partial charge in [-0.2, -0.15) is 4.72 Å². The summed E-state index contributed by atoms with van der Waals surface area (Å²) in [6.45, 7) is 5.19. The maximum atomic E-state index is 14.8. The van der Waals surface area contributed by atoms with Crippen LogP contribution in [0.1, 0.15) is 41.4 Å². The molecule has 0 radical (unpaired) electrons. The highest BCUT2D eigenvalue weighted by Gasteiger charge is 2.33. The summed E-state index contributed by atoms with van der Waals surface area (Å²) in [6, 6.07) is 5.85. The summed E-state index contributed by atoms with van der Waals surface area (Å²) in [7, 11) is -2.90. The van der Waals surface area contributed by atoms with Gasteiger partial charge in [-0.25, -0.2) is 17.6 Å². The molecule has 0 aliphatic carbocycles. The van der Waals surface area contributed by atoms with E-state index in [1.807, 2.05) is 6.92 Å². The maximum absolute atomic E-state index is 14.8. The Morgan fingerprint density at radius 1 is 1.26 bits per heavy atom. The lowest BCUT2D eigenvalue weighted by Gasteiger charge is -2.25. The van der Waals surface area contributed by atoms with Crippen LogP contribution in [0.2, 0.25) is 5.02 Å². The zero-order chi connectivity index (χ0) is 22.9. The molecule has 2 aromatic carbocycles. The lowest BCUT2D eigenvalue weighted by molar-refractivity contribution is 0.369. The number of ether oxygens (including phenoxy) is 1. The Morgan fingerprint density at radius 2 is 1.97 bits per heavy atom. The van der Waals surface area contributed by atoms with Gasteiger partial charge in [-0.05, 0) is 48.7 Å². The third-order valence-corrected chi connectivity index (χ3v) is 6.85. The van der Waals surface area contributed by atoms with E-state index in [1.165, 1.54) is 31.4 Å². The molecule has 2 unspecified atom stereocenters. The number of rotatable bonds is 7. The third-order valence-electron chi connectivity index (χ3n) is 5.14. The Balaban J connectivity index is 2.12. The van der Waals surface area contributed by atoms with Gasteiger partial charge in [0.1, 0.15) is 16.5 Å². The Kier molecular flexibility index (Phi) is 6.54. The van der Waals surface area contributed by atoms with Gasteiger partial charge in [-0.1, -0.05) is 29.7 Å². The second kappa shape index (κ2) is 8.81. The zero-order valence-electron chi connectivity index (χ0n) is 17.2. The van der Waals surface area contributed by atoms with E-state index in [2.05, 4.69) is 19.4 Å². The molecule has 1 aromatic heterocycles. The number of aromatic nitrogens is 2. The smallest absolute Gasteiger partial charge is 0.438 e. The standard InChI is InChI=1S/C20H21ClFN3O5S/c1-10-5-7-14(22)17(11(10)2)12(3)18(19-23-20(26)30-24-19)25-31(27,28)16-8-6-13(21)9-15(16)29-4/h5-9,12,18,25H,1-4H3,(H,23,24,26). The maximum Gasteiger partial charge on any atom is 0.438 e. The fraction of sp³-hybridized carbons (Fsp3) is 0.300. The summed E-state index contributed by atoms with van der Waals surface area (Å²) >= 11 is 5.93. The molecule has 0 aliphatic heterocycles. The molecule has 166 valence electrons. The minimum Gasteiger partial charge on any atom is -0.495 e. The van der Waals surface area contributed by atoms with E-state index >= 15 is 0 Å². The highest BCUT2D eigenvalue weighted by molar-refractivity contribution is 7.89. The van der Waals surface area contributed by atoms with Gasteiger partial charge in [-0.3, -0.25) is 9.51 Å². The number of methoxy groups -OCH3 is 1. The van der Waals surface area contributed by atoms with Gasteiger partial charge in [0.25, 0.3) is 0 Å². The van der Waals surface area contributed by atoms with Gasteiger partial charge < -0.3 is 4.74 Å². The first kappa shape index (κ1) is 23.0. The van der Waals surface area contributed by atoms with Crippen LogP contribution in [0.25, 0.3) is 0 Å². The highest BCUT2D eigenvalue weighted by atomic mass is 35.5. The predicted octanol–water partition coefficient (Wildman–Crippen LogP) is 3.60. The van der Waals surface area contributed by atoms with Gasteiger partial charge >= 0.3 is 5.76 Å². The molecule has 3 rings (SSSR count). The second-order valence-electron chi connectivity index (χ2n) is 7.07. The van der Waals surface area contributed by atoms with Crippen molar-refractivity contribution in [3.8, 4) is 5.75 Å². The van der Waals surface area contributed by atoms with Crippen LogP contribution in [-0.2, 0) is 10.0 Å². The molecule has 1 heterocycles. The van der Waals surface area contributed by atoms with E-state index in [0.717, 1.165) is 5.56 Å². The number of nitrogens with zero attached hydrogens (tertiary/aromatic N) is 1. The van der Waals surface area contributed by atoms with Gasteiger partial charge in [0.2, 0.25) is 10.0 Å². The van der Waals surface area contributed by atoms with Crippen molar-refractivity contribution >= 4 is 21.6 Å². The first-order chi connectivity index (χ1) is 14.5. The predicted molar refractivity (Wildman–Crippen MR) is 112 cm³/mol. The first-order valence-electron chi connectivity index (χ1n) is 9.22. The van der Waals surface area contributed by atoms with E-state index in [4.69, 9.17) is 16.3 Å². The molecule has 3 aromatic rings. The lowest BCUT2D eigenvalue weighted by Crippen LogP contribution is -2.33. The molecular weight excluding hydrogens is 449 g/mol. The van der Waals surface area contributed by atoms with Crippen molar-refractivity contribution in [1.82, 2.24) is 14.9 Å². The minimum atomic E-state index is -4.21. The fourth-order valence-electron chi connectivity index (χ4n) is 3.39. The molecule has 11 heteroatoms. The molecule has 2 atom stereocenters. The number of sulfonamides is 1. The summed E-state index contributed by atoms with van der Waals surface area (Å²) < 4.78 is 53.4. The number of aryl methyl sites for hydroxylation is 1. The Hall–Kier alpha value is -2.69. The number of halogens is 2. The number of hydrogen-bond donors (Lipinski definition) is 2. The van der Waals surface area contributed by atoms with Crippen LogP contribution in [0.15, 0.2) is 44.5 Å². The van der Waals surface area contributed by atoms with Gasteiger partial charge in [0.15, 0.2) is 5.82 Å². The Bertz CT molecular complexity index is 1270. The molecule has 31 heavy (non-hydrogen) atoms. The SMILES string of the molecule is COc1cc(Cl)ccc1S(=O)(=O)NC(c1noc(=O)[nH]1)C(C)c1c(F)ccc(C)c1C. The summed E-state index contributed by atoms with van der Waals surface area (Å²) in [5.74, 6) is -2.19. The van der Waals surface area contributed by atoms with Crippen LogP contribution in [0.5, 0.6) is 5.75 Å². The molecule has 2 N–H and O–H groups in total. The number of benzene rings is 2. The zero-order valence-corrected chi connectivity index (χ0v) is 18.8. The van der Waals surface area contributed by atoms with Crippen molar-refractivity contribution in [2.75, 3.05) is 7.11 Å². The van der Waals surface area contributed by atoms with Crippen LogP contribution < -0.4 is 15.2 Å². The molecule has 0 saturated carbocycles. The molecular formula is C20H21ClFN3O5S. The Morgan fingerprint density at radius 3 is 2.58 bits per heavy atom. The number of H-pyrrole nitrogens is 1. The van der Waals surface area contributed by atoms with Crippen molar-refractivity contribution in [3.05, 3.63) is 74.2 Å². The normalized spacial score (nSPS) is 13.7. The fourth-order valence-corrected chi connectivity index (χ4v) is 4.99. The van der Waals surface area contributed by atoms with Crippen molar-refractivity contribution in [2.24, 2.45) is 0 Å².